The third-order valence-corrected chi connectivity index (χ3v) is 4.92. The van der Waals surface area contributed by atoms with Crippen molar-refractivity contribution in [1.29, 1.82) is 0 Å². The van der Waals surface area contributed by atoms with Crippen molar-refractivity contribution in [1.82, 2.24) is 4.98 Å². The number of carbonyl (C=O) groups is 2. The number of hydrogen-bond acceptors (Lipinski definition) is 5. The summed E-state index contributed by atoms with van der Waals surface area (Å²) in [5.74, 6) is -2.63. The predicted molar refractivity (Wildman–Crippen MR) is 103 cm³/mol. The molecule has 0 atom stereocenters. The molecule has 140 valence electrons. The van der Waals surface area contributed by atoms with Gasteiger partial charge in [0.05, 0.1) is 16.9 Å². The van der Waals surface area contributed by atoms with Gasteiger partial charge in [0.2, 0.25) is 0 Å². The lowest BCUT2D eigenvalue weighted by Crippen LogP contribution is -2.31. The molecule has 0 saturated heterocycles. The van der Waals surface area contributed by atoms with E-state index in [1.807, 2.05) is 5.38 Å². The van der Waals surface area contributed by atoms with Crippen molar-refractivity contribution in [2.75, 3.05) is 10.2 Å². The Bertz CT molecular complexity index is 1090. The summed E-state index contributed by atoms with van der Waals surface area (Å²) in [5.41, 5.74) is 3.65. The topological polar surface area (TPSA) is 62.3 Å². The number of aromatic nitrogens is 1. The molecule has 2 amide bonds. The first-order chi connectivity index (χ1) is 13.4. The van der Waals surface area contributed by atoms with E-state index in [1.54, 1.807) is 29.8 Å². The van der Waals surface area contributed by atoms with Crippen LogP contribution in [-0.2, 0) is 9.59 Å². The summed E-state index contributed by atoms with van der Waals surface area (Å²) in [6.45, 7) is 1.31. The van der Waals surface area contributed by atoms with Crippen molar-refractivity contribution in [2.45, 2.75) is 6.92 Å². The van der Waals surface area contributed by atoms with E-state index in [2.05, 4.69) is 10.3 Å². The fraction of sp³-hybridized carbons (Fsp3) is 0.0500. The molecule has 5 nitrogen and oxygen atoms in total. The molecular weight excluding hydrogens is 384 g/mol. The van der Waals surface area contributed by atoms with E-state index in [4.69, 9.17) is 0 Å². The van der Waals surface area contributed by atoms with Crippen LogP contribution >= 0.6 is 11.3 Å². The van der Waals surface area contributed by atoms with E-state index in [9.17, 15) is 18.4 Å². The summed E-state index contributed by atoms with van der Waals surface area (Å²) in [7, 11) is 0. The maximum Gasteiger partial charge on any atom is 0.281 e. The Kier molecular flexibility index (Phi) is 4.48. The second kappa shape index (κ2) is 6.97. The minimum atomic E-state index is -0.741. The monoisotopic (exact) mass is 397 g/mol. The zero-order valence-corrected chi connectivity index (χ0v) is 15.4. The highest BCUT2D eigenvalue weighted by atomic mass is 32.1. The molecule has 3 aromatic rings. The zero-order valence-electron chi connectivity index (χ0n) is 14.6. The quantitative estimate of drug-likeness (QED) is 0.668. The van der Waals surface area contributed by atoms with Crippen LogP contribution in [0.1, 0.15) is 5.56 Å². The Morgan fingerprint density at radius 2 is 1.75 bits per heavy atom. The number of thiazole rings is 1. The van der Waals surface area contributed by atoms with Gasteiger partial charge in [-0.25, -0.2) is 18.7 Å². The first kappa shape index (κ1) is 18.0. The number of carbonyl (C=O) groups excluding carboxylic acids is 2. The van der Waals surface area contributed by atoms with E-state index in [1.165, 1.54) is 18.3 Å². The van der Waals surface area contributed by atoms with Crippen molar-refractivity contribution in [3.63, 3.8) is 0 Å². The Hall–Kier alpha value is -3.39. The number of hydrogen-bond donors (Lipinski definition) is 1. The maximum absolute atomic E-state index is 13.7. The van der Waals surface area contributed by atoms with Crippen LogP contribution in [0.15, 0.2) is 59.1 Å². The molecule has 1 aromatic heterocycles. The standard InChI is InChI=1S/C20H13F2N3O2S/c1-11-15(21)6-13(7-16(11)22)24-17-8-19(26)25(20(17)27)14-4-2-12(3-5-14)18-9-28-10-23-18/h2-10,24H,1H3. The number of nitrogens with zero attached hydrogens (tertiary/aromatic N) is 2. The first-order valence-corrected chi connectivity index (χ1v) is 9.20. The molecule has 0 radical (unpaired) electrons. The Morgan fingerprint density at radius 1 is 1.07 bits per heavy atom. The lowest BCUT2D eigenvalue weighted by Gasteiger charge is -2.16. The van der Waals surface area contributed by atoms with Crippen molar-refractivity contribution < 1.29 is 18.4 Å². The molecule has 4 rings (SSSR count). The molecule has 1 aliphatic heterocycles. The molecule has 0 fully saturated rings. The van der Waals surface area contributed by atoms with Crippen molar-refractivity contribution in [3.8, 4) is 11.3 Å². The summed E-state index contributed by atoms with van der Waals surface area (Å²) in [6.07, 6.45) is 1.10. The van der Waals surface area contributed by atoms with Crippen LogP contribution in [0.2, 0.25) is 0 Å². The summed E-state index contributed by atoms with van der Waals surface area (Å²) < 4.78 is 27.4. The summed E-state index contributed by atoms with van der Waals surface area (Å²) >= 11 is 1.47. The highest BCUT2D eigenvalue weighted by Crippen LogP contribution is 2.27. The smallest absolute Gasteiger partial charge is 0.281 e. The van der Waals surface area contributed by atoms with Gasteiger partial charge in [-0.3, -0.25) is 9.59 Å². The zero-order chi connectivity index (χ0) is 19.8. The Balaban J connectivity index is 1.56. The molecule has 0 aliphatic carbocycles. The molecule has 28 heavy (non-hydrogen) atoms. The molecule has 0 bridgehead atoms. The fourth-order valence-electron chi connectivity index (χ4n) is 2.81. The third kappa shape index (κ3) is 3.18. The molecule has 0 unspecified atom stereocenters. The van der Waals surface area contributed by atoms with Crippen LogP contribution in [-0.4, -0.2) is 16.8 Å². The number of halogens is 2. The van der Waals surface area contributed by atoms with Crippen molar-refractivity contribution in [2.24, 2.45) is 0 Å². The Labute approximate surface area is 162 Å². The second-order valence-electron chi connectivity index (χ2n) is 6.15. The van der Waals surface area contributed by atoms with Crippen LogP contribution < -0.4 is 10.2 Å². The van der Waals surface area contributed by atoms with Gasteiger partial charge in [-0.1, -0.05) is 12.1 Å². The minimum absolute atomic E-state index is 0.0498. The van der Waals surface area contributed by atoms with Gasteiger partial charge in [-0.05, 0) is 31.2 Å². The minimum Gasteiger partial charge on any atom is -0.351 e. The number of benzene rings is 2. The molecule has 8 heteroatoms. The van der Waals surface area contributed by atoms with Gasteiger partial charge in [0.15, 0.2) is 0 Å². The first-order valence-electron chi connectivity index (χ1n) is 8.25. The lowest BCUT2D eigenvalue weighted by atomic mass is 10.1. The average molecular weight is 397 g/mol. The summed E-state index contributed by atoms with van der Waals surface area (Å²) in [5, 5.41) is 4.52. The Morgan fingerprint density at radius 3 is 2.36 bits per heavy atom. The van der Waals surface area contributed by atoms with Gasteiger partial charge in [-0.15, -0.1) is 11.3 Å². The predicted octanol–water partition coefficient (Wildman–Crippen LogP) is 4.27. The molecular formula is C20H13F2N3O2S. The van der Waals surface area contributed by atoms with Gasteiger partial charge in [0.25, 0.3) is 11.8 Å². The number of nitrogens with one attached hydrogen (secondary N) is 1. The number of rotatable bonds is 4. The van der Waals surface area contributed by atoms with E-state index < -0.39 is 23.4 Å². The van der Waals surface area contributed by atoms with E-state index in [0.717, 1.165) is 34.4 Å². The van der Waals surface area contributed by atoms with Crippen LogP contribution in [0.5, 0.6) is 0 Å². The van der Waals surface area contributed by atoms with Gasteiger partial charge in [-0.2, -0.15) is 0 Å². The van der Waals surface area contributed by atoms with Crippen molar-refractivity contribution in [3.05, 3.63) is 76.3 Å². The largest absolute Gasteiger partial charge is 0.351 e. The number of anilines is 2. The van der Waals surface area contributed by atoms with Gasteiger partial charge < -0.3 is 5.32 Å². The van der Waals surface area contributed by atoms with Crippen LogP contribution in [0.3, 0.4) is 0 Å². The van der Waals surface area contributed by atoms with Crippen molar-refractivity contribution >= 4 is 34.5 Å². The second-order valence-corrected chi connectivity index (χ2v) is 6.87. The fourth-order valence-corrected chi connectivity index (χ4v) is 3.37. The molecule has 2 heterocycles. The normalized spacial score (nSPS) is 13.8. The van der Waals surface area contributed by atoms with E-state index in [0.29, 0.717) is 5.69 Å². The van der Waals surface area contributed by atoms with Gasteiger partial charge in [0, 0.05) is 28.3 Å². The number of amides is 2. The molecule has 2 aromatic carbocycles. The maximum atomic E-state index is 13.7. The number of imide groups is 1. The van der Waals surface area contributed by atoms with Crippen LogP contribution in [0.4, 0.5) is 20.2 Å². The van der Waals surface area contributed by atoms with E-state index >= 15 is 0 Å². The molecule has 1 aliphatic rings. The summed E-state index contributed by atoms with van der Waals surface area (Å²) in [4.78, 5) is 30.2. The highest BCUT2D eigenvalue weighted by molar-refractivity contribution is 7.07. The highest BCUT2D eigenvalue weighted by Gasteiger charge is 2.32. The van der Waals surface area contributed by atoms with E-state index in [-0.39, 0.29) is 16.9 Å². The summed E-state index contributed by atoms with van der Waals surface area (Å²) in [6, 6.07) is 8.96. The lowest BCUT2D eigenvalue weighted by molar-refractivity contribution is -0.120. The molecule has 1 N–H and O–H groups in total. The SMILES string of the molecule is Cc1c(F)cc(NC2=CC(=O)N(c3ccc(-c4cscn4)cc3)C2=O)cc1F. The van der Waals surface area contributed by atoms with Crippen LogP contribution in [0.25, 0.3) is 11.3 Å². The van der Waals surface area contributed by atoms with Gasteiger partial charge >= 0.3 is 0 Å². The average Bonchev–Trinajstić information content (AvgIpc) is 3.29. The van der Waals surface area contributed by atoms with Crippen LogP contribution in [0, 0.1) is 18.6 Å². The van der Waals surface area contributed by atoms with Gasteiger partial charge in [0.1, 0.15) is 17.3 Å². The molecule has 0 spiro atoms. The third-order valence-electron chi connectivity index (χ3n) is 4.34. The molecule has 0 saturated carbocycles.